The van der Waals surface area contributed by atoms with Crippen molar-refractivity contribution in [2.75, 3.05) is 19.6 Å². The van der Waals surface area contributed by atoms with Gasteiger partial charge in [-0.15, -0.1) is 0 Å². The van der Waals surface area contributed by atoms with Crippen molar-refractivity contribution in [2.24, 2.45) is 0 Å². The van der Waals surface area contributed by atoms with E-state index in [1.165, 1.54) is 5.69 Å². The third-order valence-electron chi connectivity index (χ3n) is 4.24. The maximum absolute atomic E-state index is 12.4. The zero-order chi connectivity index (χ0) is 14.8. The second kappa shape index (κ2) is 6.15. The van der Waals surface area contributed by atoms with Crippen LogP contribution in [0.4, 0.5) is 0 Å². The van der Waals surface area contributed by atoms with E-state index in [9.17, 15) is 4.79 Å². The summed E-state index contributed by atoms with van der Waals surface area (Å²) in [6, 6.07) is 2.28. The number of rotatable bonds is 3. The zero-order valence-electron chi connectivity index (χ0n) is 12.8. The number of hydrogen-bond acceptors (Lipinski definition) is 4. The Kier molecular flexibility index (Phi) is 4.26. The molecule has 3 heterocycles. The molecular weight excluding hydrogens is 268 g/mol. The Labute approximate surface area is 125 Å². The van der Waals surface area contributed by atoms with Gasteiger partial charge in [-0.25, -0.2) is 0 Å². The van der Waals surface area contributed by atoms with Crippen LogP contribution >= 0.6 is 0 Å². The fraction of sp³-hybridized carbons (Fsp3) is 0.733. The Morgan fingerprint density at radius 3 is 2.95 bits per heavy atom. The average molecular weight is 292 g/mol. The van der Waals surface area contributed by atoms with Gasteiger partial charge in [0.05, 0.1) is 24.4 Å². The van der Waals surface area contributed by atoms with Crippen molar-refractivity contribution >= 4 is 5.91 Å². The molecule has 0 aromatic carbocycles. The number of fused-ring (bicyclic) bond motifs is 1. The predicted molar refractivity (Wildman–Crippen MR) is 78.8 cm³/mol. The van der Waals surface area contributed by atoms with Gasteiger partial charge in [-0.1, -0.05) is 0 Å². The molecule has 116 valence electrons. The molecular formula is C15H24N4O2. The first-order valence-electron chi connectivity index (χ1n) is 7.82. The standard InChI is InChI=1S/C15H24N4O2/c1-11-9-18(10-12(2)21-11)15(20)8-16-13-4-3-7-19-14(13)5-6-17-19/h5-6,11-13,16H,3-4,7-10H2,1-2H3. The number of carbonyl (C=O) groups is 1. The van der Waals surface area contributed by atoms with Gasteiger partial charge in [-0.05, 0) is 32.8 Å². The third kappa shape index (κ3) is 3.27. The zero-order valence-corrected chi connectivity index (χ0v) is 12.8. The maximum atomic E-state index is 12.4. The third-order valence-corrected chi connectivity index (χ3v) is 4.24. The number of amides is 1. The van der Waals surface area contributed by atoms with Crippen LogP contribution in [0.25, 0.3) is 0 Å². The molecule has 6 nitrogen and oxygen atoms in total. The molecule has 1 N–H and O–H groups in total. The molecule has 3 unspecified atom stereocenters. The van der Waals surface area contributed by atoms with Crippen molar-refractivity contribution in [1.82, 2.24) is 20.0 Å². The van der Waals surface area contributed by atoms with E-state index < -0.39 is 0 Å². The highest BCUT2D eigenvalue weighted by Gasteiger charge is 2.27. The molecule has 2 aliphatic rings. The number of morpholine rings is 1. The van der Waals surface area contributed by atoms with Crippen molar-refractivity contribution < 1.29 is 9.53 Å². The number of carbonyl (C=O) groups excluding carboxylic acids is 1. The van der Waals surface area contributed by atoms with Gasteiger partial charge in [0, 0.05) is 31.9 Å². The average Bonchev–Trinajstić information content (AvgIpc) is 2.92. The maximum Gasteiger partial charge on any atom is 0.236 e. The quantitative estimate of drug-likeness (QED) is 0.901. The van der Waals surface area contributed by atoms with Crippen LogP contribution in [-0.2, 0) is 16.1 Å². The smallest absolute Gasteiger partial charge is 0.236 e. The van der Waals surface area contributed by atoms with Gasteiger partial charge in [-0.3, -0.25) is 9.48 Å². The molecule has 6 heteroatoms. The van der Waals surface area contributed by atoms with E-state index in [0.29, 0.717) is 19.6 Å². The molecule has 3 atom stereocenters. The van der Waals surface area contributed by atoms with Crippen LogP contribution in [-0.4, -0.2) is 52.4 Å². The minimum Gasteiger partial charge on any atom is -0.372 e. The molecule has 1 aromatic rings. The summed E-state index contributed by atoms with van der Waals surface area (Å²) in [5.74, 6) is 0.161. The molecule has 1 saturated heterocycles. The summed E-state index contributed by atoms with van der Waals surface area (Å²) < 4.78 is 7.70. The molecule has 0 saturated carbocycles. The van der Waals surface area contributed by atoms with Crippen molar-refractivity contribution in [3.63, 3.8) is 0 Å². The van der Waals surface area contributed by atoms with Gasteiger partial charge in [0.1, 0.15) is 0 Å². The number of aryl methyl sites for hydroxylation is 1. The van der Waals surface area contributed by atoms with Gasteiger partial charge in [0.2, 0.25) is 5.91 Å². The Morgan fingerprint density at radius 1 is 1.43 bits per heavy atom. The first kappa shape index (κ1) is 14.5. The number of ether oxygens (including phenoxy) is 1. The van der Waals surface area contributed by atoms with Crippen LogP contribution in [0.1, 0.15) is 38.4 Å². The van der Waals surface area contributed by atoms with Crippen molar-refractivity contribution in [2.45, 2.75) is 51.5 Å². The lowest BCUT2D eigenvalue weighted by Crippen LogP contribution is -2.50. The summed E-state index contributed by atoms with van der Waals surface area (Å²) in [5.41, 5.74) is 1.19. The van der Waals surface area contributed by atoms with Crippen LogP contribution in [0, 0.1) is 0 Å². The molecule has 0 aliphatic carbocycles. The summed E-state index contributed by atoms with van der Waals surface area (Å²) in [4.78, 5) is 14.3. The van der Waals surface area contributed by atoms with Gasteiger partial charge in [0.25, 0.3) is 0 Å². The molecule has 3 rings (SSSR count). The molecule has 0 spiro atoms. The lowest BCUT2D eigenvalue weighted by atomic mass is 10.0. The first-order valence-corrected chi connectivity index (χ1v) is 7.82. The van der Waals surface area contributed by atoms with E-state index in [-0.39, 0.29) is 24.2 Å². The fourth-order valence-corrected chi connectivity index (χ4v) is 3.33. The summed E-state index contributed by atoms with van der Waals surface area (Å²) in [6.45, 7) is 6.77. The molecule has 21 heavy (non-hydrogen) atoms. The monoisotopic (exact) mass is 292 g/mol. The van der Waals surface area contributed by atoms with E-state index in [0.717, 1.165) is 19.4 Å². The molecule has 1 aromatic heterocycles. The Morgan fingerprint density at radius 2 is 2.19 bits per heavy atom. The van der Waals surface area contributed by atoms with Gasteiger partial charge < -0.3 is 15.0 Å². The number of nitrogens with one attached hydrogen (secondary N) is 1. The molecule has 0 radical (unpaired) electrons. The SMILES string of the molecule is CC1CN(C(=O)CNC2CCCn3nccc32)CC(C)O1. The number of nitrogens with zero attached hydrogens (tertiary/aromatic N) is 3. The van der Waals surface area contributed by atoms with Crippen molar-refractivity contribution in [3.05, 3.63) is 18.0 Å². The van der Waals surface area contributed by atoms with E-state index in [2.05, 4.69) is 10.4 Å². The molecule has 1 amide bonds. The fourth-order valence-electron chi connectivity index (χ4n) is 3.33. The van der Waals surface area contributed by atoms with E-state index in [1.807, 2.05) is 35.7 Å². The minimum absolute atomic E-state index is 0.119. The largest absolute Gasteiger partial charge is 0.372 e. The highest BCUT2D eigenvalue weighted by atomic mass is 16.5. The lowest BCUT2D eigenvalue weighted by molar-refractivity contribution is -0.142. The van der Waals surface area contributed by atoms with Crippen LogP contribution < -0.4 is 5.32 Å². The lowest BCUT2D eigenvalue weighted by Gasteiger charge is -2.35. The minimum atomic E-state index is 0.119. The number of hydrogen-bond donors (Lipinski definition) is 1. The summed E-state index contributed by atoms with van der Waals surface area (Å²) in [6.07, 6.45) is 4.24. The van der Waals surface area contributed by atoms with Crippen LogP contribution in [0.2, 0.25) is 0 Å². The van der Waals surface area contributed by atoms with Crippen molar-refractivity contribution in [1.29, 1.82) is 0 Å². The molecule has 1 fully saturated rings. The summed E-state index contributed by atoms with van der Waals surface area (Å²) >= 11 is 0. The van der Waals surface area contributed by atoms with E-state index in [4.69, 9.17) is 4.74 Å². The Hall–Kier alpha value is -1.40. The van der Waals surface area contributed by atoms with Crippen LogP contribution in [0.15, 0.2) is 12.3 Å². The Bertz CT molecular complexity index is 492. The topological polar surface area (TPSA) is 59.4 Å². The highest BCUT2D eigenvalue weighted by Crippen LogP contribution is 2.23. The normalized spacial score (nSPS) is 29.2. The van der Waals surface area contributed by atoms with Crippen LogP contribution in [0.3, 0.4) is 0 Å². The second-order valence-electron chi connectivity index (χ2n) is 6.11. The number of aromatic nitrogens is 2. The molecule has 2 aliphatic heterocycles. The predicted octanol–water partition coefficient (Wildman–Crippen LogP) is 0.943. The van der Waals surface area contributed by atoms with Gasteiger partial charge in [0.15, 0.2) is 0 Å². The van der Waals surface area contributed by atoms with Gasteiger partial charge in [-0.2, -0.15) is 5.10 Å². The first-order chi connectivity index (χ1) is 10.1. The Balaban J connectivity index is 1.55. The summed E-state index contributed by atoms with van der Waals surface area (Å²) in [7, 11) is 0. The molecule has 0 bridgehead atoms. The van der Waals surface area contributed by atoms with E-state index in [1.54, 1.807) is 0 Å². The highest BCUT2D eigenvalue weighted by molar-refractivity contribution is 5.78. The summed E-state index contributed by atoms with van der Waals surface area (Å²) in [5, 5.41) is 7.71. The van der Waals surface area contributed by atoms with E-state index >= 15 is 0 Å². The van der Waals surface area contributed by atoms with Crippen LogP contribution in [0.5, 0.6) is 0 Å². The second-order valence-corrected chi connectivity index (χ2v) is 6.11. The van der Waals surface area contributed by atoms with Gasteiger partial charge >= 0.3 is 0 Å². The van der Waals surface area contributed by atoms with Crippen molar-refractivity contribution in [3.8, 4) is 0 Å².